The molecule has 1 aliphatic rings. The molecule has 1 aliphatic carbocycles. The molecule has 0 saturated carbocycles. The Morgan fingerprint density at radius 3 is 2.84 bits per heavy atom. The van der Waals surface area contributed by atoms with Gasteiger partial charge in [-0.2, -0.15) is 5.10 Å². The molecule has 3 rings (SSSR count). The zero-order valence-corrected chi connectivity index (χ0v) is 11.7. The van der Waals surface area contributed by atoms with Crippen LogP contribution in [-0.2, 0) is 19.9 Å². The van der Waals surface area contributed by atoms with E-state index in [1.807, 2.05) is 17.9 Å². The van der Waals surface area contributed by atoms with Crippen LogP contribution in [0.1, 0.15) is 41.8 Å². The van der Waals surface area contributed by atoms with E-state index in [0.717, 1.165) is 12.2 Å². The molecule has 1 heterocycles. The lowest BCUT2D eigenvalue weighted by Crippen LogP contribution is -2.22. The van der Waals surface area contributed by atoms with Gasteiger partial charge in [-0.05, 0) is 48.6 Å². The van der Waals surface area contributed by atoms with E-state index < -0.39 is 0 Å². The molecule has 2 aromatic rings. The molecule has 0 fully saturated rings. The number of aryl methyl sites for hydroxylation is 3. The molecule has 1 aromatic carbocycles. The van der Waals surface area contributed by atoms with Gasteiger partial charge >= 0.3 is 0 Å². The van der Waals surface area contributed by atoms with Crippen LogP contribution in [0.3, 0.4) is 0 Å². The van der Waals surface area contributed by atoms with Gasteiger partial charge in [0.1, 0.15) is 0 Å². The van der Waals surface area contributed by atoms with Crippen LogP contribution < -0.4 is 5.32 Å². The van der Waals surface area contributed by atoms with Gasteiger partial charge in [0.2, 0.25) is 0 Å². The first-order chi connectivity index (χ1) is 9.28. The number of fused-ring (bicyclic) bond motifs is 1. The second kappa shape index (κ2) is 5.17. The zero-order valence-electron chi connectivity index (χ0n) is 11.7. The topological polar surface area (TPSA) is 29.9 Å². The number of nitrogens with zero attached hydrogens (tertiary/aromatic N) is 2. The molecule has 1 N–H and O–H groups in total. The highest BCUT2D eigenvalue weighted by Crippen LogP contribution is 2.27. The van der Waals surface area contributed by atoms with Crippen molar-refractivity contribution < 1.29 is 0 Å². The maximum atomic E-state index is 4.55. The van der Waals surface area contributed by atoms with Crippen LogP contribution in [0.25, 0.3) is 0 Å². The SMILES string of the molecule is CCNC(c1ccc2c(c1)CCC2)c1ccn(C)n1. The predicted octanol–water partition coefficient (Wildman–Crippen LogP) is 2.61. The summed E-state index contributed by atoms with van der Waals surface area (Å²) in [6.07, 6.45) is 5.77. The van der Waals surface area contributed by atoms with Crippen molar-refractivity contribution >= 4 is 0 Å². The number of benzene rings is 1. The third-order valence-corrected chi connectivity index (χ3v) is 3.89. The normalized spacial score (nSPS) is 15.5. The summed E-state index contributed by atoms with van der Waals surface area (Å²) in [4.78, 5) is 0. The molecule has 0 amide bonds. The van der Waals surface area contributed by atoms with Crippen LogP contribution in [0.2, 0.25) is 0 Å². The maximum Gasteiger partial charge on any atom is 0.0839 e. The number of rotatable bonds is 4. The van der Waals surface area contributed by atoms with Gasteiger partial charge in [-0.15, -0.1) is 0 Å². The van der Waals surface area contributed by atoms with Gasteiger partial charge in [-0.25, -0.2) is 0 Å². The molecular formula is C16H21N3. The fraction of sp³-hybridized carbons (Fsp3) is 0.438. The van der Waals surface area contributed by atoms with E-state index in [2.05, 4.69) is 41.6 Å². The molecule has 0 radical (unpaired) electrons. The Bertz CT molecular complexity index is 571. The number of nitrogens with one attached hydrogen (secondary N) is 1. The summed E-state index contributed by atoms with van der Waals surface area (Å²) in [7, 11) is 1.97. The third kappa shape index (κ3) is 2.43. The Kier molecular flexibility index (Phi) is 3.38. The molecule has 100 valence electrons. The van der Waals surface area contributed by atoms with Crippen molar-refractivity contribution in [2.45, 2.75) is 32.2 Å². The van der Waals surface area contributed by atoms with E-state index in [9.17, 15) is 0 Å². The minimum atomic E-state index is 0.206. The highest BCUT2D eigenvalue weighted by Gasteiger charge is 2.18. The van der Waals surface area contributed by atoms with Crippen LogP contribution in [0, 0.1) is 0 Å². The summed E-state index contributed by atoms with van der Waals surface area (Å²) < 4.78 is 1.87. The van der Waals surface area contributed by atoms with Gasteiger partial charge in [0.25, 0.3) is 0 Å². The smallest absolute Gasteiger partial charge is 0.0839 e. The van der Waals surface area contributed by atoms with E-state index in [1.54, 1.807) is 0 Å². The van der Waals surface area contributed by atoms with Crippen molar-refractivity contribution in [2.75, 3.05) is 6.54 Å². The van der Waals surface area contributed by atoms with Gasteiger partial charge in [-0.3, -0.25) is 4.68 Å². The average Bonchev–Trinajstić information content (AvgIpc) is 3.03. The Balaban J connectivity index is 1.95. The summed E-state index contributed by atoms with van der Waals surface area (Å²) in [5, 5.41) is 8.10. The fourth-order valence-corrected chi connectivity index (χ4v) is 2.96. The first kappa shape index (κ1) is 12.4. The summed E-state index contributed by atoms with van der Waals surface area (Å²) >= 11 is 0. The first-order valence-corrected chi connectivity index (χ1v) is 7.12. The summed E-state index contributed by atoms with van der Waals surface area (Å²) in [5.74, 6) is 0. The van der Waals surface area contributed by atoms with Gasteiger partial charge in [0.15, 0.2) is 0 Å². The second-order valence-corrected chi connectivity index (χ2v) is 5.29. The van der Waals surface area contributed by atoms with Gasteiger partial charge in [0.05, 0.1) is 11.7 Å². The minimum absolute atomic E-state index is 0.206. The average molecular weight is 255 g/mol. The lowest BCUT2D eigenvalue weighted by Gasteiger charge is -2.17. The monoisotopic (exact) mass is 255 g/mol. The molecule has 3 nitrogen and oxygen atoms in total. The Morgan fingerprint density at radius 1 is 1.26 bits per heavy atom. The molecule has 1 atom stereocenters. The first-order valence-electron chi connectivity index (χ1n) is 7.12. The molecule has 1 unspecified atom stereocenters. The molecule has 0 saturated heterocycles. The molecule has 0 spiro atoms. The minimum Gasteiger partial charge on any atom is -0.305 e. The molecule has 3 heteroatoms. The van der Waals surface area contributed by atoms with Crippen molar-refractivity contribution in [3.63, 3.8) is 0 Å². The zero-order chi connectivity index (χ0) is 13.2. The Hall–Kier alpha value is -1.61. The summed E-state index contributed by atoms with van der Waals surface area (Å²) in [6.45, 7) is 3.08. The van der Waals surface area contributed by atoms with Crippen LogP contribution in [0.15, 0.2) is 30.5 Å². The Labute approximate surface area is 114 Å². The van der Waals surface area contributed by atoms with Crippen molar-refractivity contribution in [2.24, 2.45) is 7.05 Å². The molecule has 1 aromatic heterocycles. The van der Waals surface area contributed by atoms with E-state index in [-0.39, 0.29) is 6.04 Å². The van der Waals surface area contributed by atoms with Crippen molar-refractivity contribution in [3.8, 4) is 0 Å². The van der Waals surface area contributed by atoms with Crippen molar-refractivity contribution in [3.05, 3.63) is 52.8 Å². The number of aromatic nitrogens is 2. The van der Waals surface area contributed by atoms with E-state index in [1.165, 1.54) is 36.0 Å². The van der Waals surface area contributed by atoms with Gasteiger partial charge < -0.3 is 5.32 Å². The number of hydrogen-bond donors (Lipinski definition) is 1. The van der Waals surface area contributed by atoms with Gasteiger partial charge in [0, 0.05) is 13.2 Å². The Morgan fingerprint density at radius 2 is 2.11 bits per heavy atom. The van der Waals surface area contributed by atoms with E-state index in [4.69, 9.17) is 0 Å². The highest BCUT2D eigenvalue weighted by atomic mass is 15.3. The fourth-order valence-electron chi connectivity index (χ4n) is 2.96. The van der Waals surface area contributed by atoms with Crippen LogP contribution in [0.5, 0.6) is 0 Å². The highest BCUT2D eigenvalue weighted by molar-refractivity contribution is 5.38. The lowest BCUT2D eigenvalue weighted by atomic mass is 9.99. The molecule has 0 bridgehead atoms. The van der Waals surface area contributed by atoms with Crippen molar-refractivity contribution in [1.29, 1.82) is 0 Å². The summed E-state index contributed by atoms with van der Waals surface area (Å²) in [6, 6.07) is 9.22. The molecule has 19 heavy (non-hydrogen) atoms. The standard InChI is InChI=1S/C16H21N3/c1-3-17-16(15-9-10-19(2)18-15)14-8-7-12-5-4-6-13(12)11-14/h7-11,16-17H,3-6H2,1-2H3. The van der Waals surface area contributed by atoms with E-state index in [0.29, 0.717) is 0 Å². The van der Waals surface area contributed by atoms with Crippen LogP contribution in [0.4, 0.5) is 0 Å². The third-order valence-electron chi connectivity index (χ3n) is 3.89. The number of hydrogen-bond acceptors (Lipinski definition) is 2. The summed E-state index contributed by atoms with van der Waals surface area (Å²) in [5.41, 5.74) is 5.49. The van der Waals surface area contributed by atoms with Crippen LogP contribution >= 0.6 is 0 Å². The quantitative estimate of drug-likeness (QED) is 0.910. The maximum absolute atomic E-state index is 4.55. The van der Waals surface area contributed by atoms with Crippen molar-refractivity contribution in [1.82, 2.24) is 15.1 Å². The largest absolute Gasteiger partial charge is 0.305 e. The predicted molar refractivity (Wildman–Crippen MR) is 77.2 cm³/mol. The van der Waals surface area contributed by atoms with Crippen LogP contribution in [-0.4, -0.2) is 16.3 Å². The lowest BCUT2D eigenvalue weighted by molar-refractivity contribution is 0.599. The molecule has 0 aliphatic heterocycles. The van der Waals surface area contributed by atoms with Gasteiger partial charge in [-0.1, -0.05) is 25.1 Å². The molecular weight excluding hydrogens is 234 g/mol. The second-order valence-electron chi connectivity index (χ2n) is 5.29. The van der Waals surface area contributed by atoms with E-state index >= 15 is 0 Å².